The van der Waals surface area contributed by atoms with Crippen LogP contribution in [0.1, 0.15) is 65.4 Å². The molecule has 69 heavy (non-hydrogen) atoms. The average Bonchev–Trinajstić information content (AvgIpc) is 3.83. The van der Waals surface area contributed by atoms with Crippen LogP contribution >= 0.6 is 35.1 Å². The normalized spacial score (nSPS) is 31.3. The van der Waals surface area contributed by atoms with Crippen LogP contribution < -0.4 is 15.0 Å². The molecule has 10 atom stereocenters. The smallest absolute Gasteiger partial charge is 0.409 e. The van der Waals surface area contributed by atoms with E-state index < -0.39 is 106 Å². The number of hydrogen-bond donors (Lipinski definition) is 2. The van der Waals surface area contributed by atoms with Gasteiger partial charge >= 0.3 is 12.1 Å². The number of esters is 1. The maximum atomic E-state index is 14.3. The fourth-order valence-corrected chi connectivity index (χ4v) is 11.1. The first-order chi connectivity index (χ1) is 32.6. The Bertz CT molecular complexity index is 2320. The summed E-state index contributed by atoms with van der Waals surface area (Å²) in [7, 11) is 5.82. The zero-order valence-electron chi connectivity index (χ0n) is 39.9. The molecule has 376 valence electrons. The van der Waals surface area contributed by atoms with E-state index in [0.717, 1.165) is 44.5 Å². The third-order valence-corrected chi connectivity index (χ3v) is 15.9. The van der Waals surface area contributed by atoms with E-state index in [9.17, 15) is 43.5 Å². The van der Waals surface area contributed by atoms with Crippen molar-refractivity contribution >= 4 is 88.3 Å². The molecule has 1 aromatic carbocycles. The van der Waals surface area contributed by atoms with Gasteiger partial charge in [0, 0.05) is 71.6 Å². The molecule has 4 bridgehead atoms. The maximum absolute atomic E-state index is 14.3. The molecule has 19 nitrogen and oxygen atoms in total. The minimum Gasteiger partial charge on any atom is -0.495 e. The predicted molar refractivity (Wildman–Crippen MR) is 256 cm³/mol. The van der Waals surface area contributed by atoms with Crippen LogP contribution in [-0.2, 0) is 58.9 Å². The molecule has 4 unspecified atom stereocenters. The van der Waals surface area contributed by atoms with Crippen molar-refractivity contribution in [1.82, 2.24) is 20.0 Å². The maximum Gasteiger partial charge on any atom is 0.409 e. The van der Waals surface area contributed by atoms with Gasteiger partial charge in [-0.1, -0.05) is 48.9 Å². The molecule has 22 heteroatoms. The number of likely N-dealkylation sites (N-methyl/N-ethyl adjacent to an activating group) is 1. The number of fused-ring (bicyclic) bond motifs is 5. The van der Waals surface area contributed by atoms with E-state index in [4.69, 9.17) is 35.3 Å². The van der Waals surface area contributed by atoms with Crippen molar-refractivity contribution in [3.63, 3.8) is 0 Å². The van der Waals surface area contributed by atoms with Crippen molar-refractivity contribution in [2.24, 2.45) is 5.92 Å². The summed E-state index contributed by atoms with van der Waals surface area (Å²) in [5, 5.41) is 14.6. The Morgan fingerprint density at radius 2 is 1.71 bits per heavy atom. The predicted octanol–water partition coefficient (Wildman–Crippen LogP) is 3.77. The zero-order chi connectivity index (χ0) is 50.7. The molecule has 4 fully saturated rings. The number of methoxy groups -OCH3 is 2. The summed E-state index contributed by atoms with van der Waals surface area (Å²) in [4.78, 5) is 111. The van der Waals surface area contributed by atoms with Gasteiger partial charge in [-0.05, 0) is 50.3 Å². The molecular weight excluding hydrogens is 958 g/mol. The number of hydrogen-bond acceptors (Lipinski definition) is 16. The number of benzene rings is 1. The van der Waals surface area contributed by atoms with E-state index in [1.807, 2.05) is 13.0 Å². The Labute approximate surface area is 414 Å². The van der Waals surface area contributed by atoms with Crippen molar-refractivity contribution in [1.29, 1.82) is 0 Å². The second-order valence-electron chi connectivity index (χ2n) is 18.0. The average molecular weight is 1020 g/mol. The van der Waals surface area contributed by atoms with Crippen LogP contribution in [-0.4, -0.2) is 167 Å². The third-order valence-electron chi connectivity index (χ3n) is 13.4. The number of rotatable bonds is 14. The van der Waals surface area contributed by atoms with Gasteiger partial charge in [-0.3, -0.25) is 43.9 Å². The lowest BCUT2D eigenvalue weighted by atomic mass is 9.83. The molecule has 2 N–H and O–H groups in total. The Balaban J connectivity index is 1.15. The van der Waals surface area contributed by atoms with E-state index in [1.165, 1.54) is 50.4 Å². The summed E-state index contributed by atoms with van der Waals surface area (Å²) < 4.78 is 29.3. The number of nitrogens with one attached hydrogen (secondary N) is 1. The quantitative estimate of drug-likeness (QED) is 0.154. The molecule has 0 aliphatic carbocycles. The highest BCUT2D eigenvalue weighted by atomic mass is 35.5. The van der Waals surface area contributed by atoms with Gasteiger partial charge in [0.2, 0.25) is 35.4 Å². The van der Waals surface area contributed by atoms with Crippen molar-refractivity contribution in [3.8, 4) is 5.75 Å². The van der Waals surface area contributed by atoms with Gasteiger partial charge in [0.05, 0.1) is 35.8 Å². The lowest BCUT2D eigenvalue weighted by Crippen LogP contribution is -2.63. The lowest BCUT2D eigenvalue weighted by Gasteiger charge is -2.42. The summed E-state index contributed by atoms with van der Waals surface area (Å²) in [6.45, 7) is 10.1. The highest BCUT2D eigenvalue weighted by Crippen LogP contribution is 2.49. The first-order valence-corrected chi connectivity index (χ1v) is 24.8. The Kier molecular flexibility index (Phi) is 17.0. The van der Waals surface area contributed by atoms with Crippen molar-refractivity contribution in [3.05, 3.63) is 58.5 Å². The number of carbonyl (C=O) groups excluding carboxylic acids is 8. The Morgan fingerprint density at radius 3 is 2.35 bits per heavy atom. The van der Waals surface area contributed by atoms with Crippen LogP contribution in [0, 0.1) is 5.92 Å². The SMILES string of the molecule is C=CSC1CC(=O)N(CCN2C(=O)CC(SCCC(=O)N(C)[C@@H](C)C(=O)O[C@H]3CC(=O)N(C)c4cc(cc(OC)c4Cl)C/C(C)=C/C=C/[C@@H](OC)[C@@]4(O)CC(OC(=O)N4)[C@@H](C)C4O[C@]43C)C2=O)C1=O. The lowest BCUT2D eigenvalue weighted by molar-refractivity contribution is -0.162. The second kappa shape index (κ2) is 22.0. The van der Waals surface area contributed by atoms with Crippen molar-refractivity contribution in [2.75, 3.05) is 52.1 Å². The van der Waals surface area contributed by atoms with Crippen molar-refractivity contribution < 1.29 is 67.1 Å². The van der Waals surface area contributed by atoms with Gasteiger partial charge in [-0.25, -0.2) is 9.59 Å². The molecule has 0 aromatic heterocycles. The summed E-state index contributed by atoms with van der Waals surface area (Å²) in [6.07, 6.45) is 0.0774. The van der Waals surface area contributed by atoms with Crippen LogP contribution in [0.5, 0.6) is 5.75 Å². The molecular formula is C47H60ClN5O14S2. The largest absolute Gasteiger partial charge is 0.495 e. The number of epoxide rings is 1. The molecule has 6 rings (SSSR count). The van der Waals surface area contributed by atoms with E-state index in [-0.39, 0.29) is 55.5 Å². The minimum atomic E-state index is -1.89. The number of halogens is 1. The van der Waals surface area contributed by atoms with Crippen LogP contribution in [0.3, 0.4) is 0 Å². The van der Waals surface area contributed by atoms with E-state index >= 15 is 0 Å². The highest BCUT2D eigenvalue weighted by Gasteiger charge is 2.64. The summed E-state index contributed by atoms with van der Waals surface area (Å²) in [6, 6.07) is 2.35. The van der Waals surface area contributed by atoms with Crippen LogP contribution in [0.4, 0.5) is 10.5 Å². The van der Waals surface area contributed by atoms with E-state index in [2.05, 4.69) is 11.9 Å². The monoisotopic (exact) mass is 1020 g/mol. The van der Waals surface area contributed by atoms with Gasteiger partial charge in [0.15, 0.2) is 5.72 Å². The number of ether oxygens (including phenoxy) is 5. The number of imide groups is 2. The minimum absolute atomic E-state index is 0.0136. The van der Waals surface area contributed by atoms with E-state index in [0.29, 0.717) is 17.9 Å². The highest BCUT2D eigenvalue weighted by molar-refractivity contribution is 8.03. The molecule has 5 aliphatic rings. The topological polar surface area (TPSA) is 231 Å². The third kappa shape index (κ3) is 11.7. The molecule has 0 saturated carbocycles. The van der Waals surface area contributed by atoms with Gasteiger partial charge in [-0.15, -0.1) is 23.5 Å². The first-order valence-electron chi connectivity index (χ1n) is 22.5. The summed E-state index contributed by atoms with van der Waals surface area (Å²) >= 11 is 9.05. The molecule has 5 heterocycles. The summed E-state index contributed by atoms with van der Waals surface area (Å²) in [5.74, 6) is -3.68. The number of nitrogens with zero attached hydrogens (tertiary/aromatic N) is 4. The number of anilines is 1. The van der Waals surface area contributed by atoms with E-state index in [1.54, 1.807) is 38.1 Å². The fourth-order valence-electron chi connectivity index (χ4n) is 9.01. The molecule has 0 radical (unpaired) electrons. The number of allylic oxidation sites excluding steroid dienone is 3. The first kappa shape index (κ1) is 53.4. The fraction of sp³-hybridized carbons (Fsp3) is 0.574. The Hall–Kier alpha value is -4.93. The van der Waals surface area contributed by atoms with Crippen LogP contribution in [0.15, 0.2) is 47.9 Å². The number of likely N-dealkylation sites (tertiary alicyclic amines) is 2. The van der Waals surface area contributed by atoms with Gasteiger partial charge in [-0.2, -0.15) is 0 Å². The van der Waals surface area contributed by atoms with Gasteiger partial charge < -0.3 is 38.6 Å². The standard InChI is InChI=1S/C47H60ClN5O14S2/c1-10-68-32-21-38(56)52(42(32)58)15-16-53-39(57)22-33(43(53)59)69-17-14-36(54)50(6)27(4)44(60)66-35-23-37(55)51(7)29-19-28(20-30(63-8)40(29)48)18-25(2)12-11-13-34(64-9)47(62)24-31(65-45(61)49-47)26(3)41-46(35,5)67-41/h10-13,19-20,26-27,31-35,41,62H,1,14-18,21-24H2,2-9H3,(H,49,61)/b13-11+,25-12+/t26-,27+,31?,32?,33?,34-,35+,41?,46+,47+/m1/s1. The molecule has 5 aliphatic heterocycles. The number of alkyl carbamates (subject to hydrolysis) is 1. The van der Waals surface area contributed by atoms with Crippen LogP contribution in [0.2, 0.25) is 5.02 Å². The molecule has 7 amide bonds. The number of amides is 7. The zero-order valence-corrected chi connectivity index (χ0v) is 42.3. The second-order valence-corrected chi connectivity index (χ2v) is 20.8. The molecule has 4 saturated heterocycles. The van der Waals surface area contributed by atoms with Gasteiger partial charge in [0.25, 0.3) is 0 Å². The molecule has 1 aromatic rings. The number of carbonyl (C=O) groups is 8. The Morgan fingerprint density at radius 1 is 1.06 bits per heavy atom. The summed E-state index contributed by atoms with van der Waals surface area (Å²) in [5.41, 5.74) is -1.22. The van der Waals surface area contributed by atoms with Crippen molar-refractivity contribution in [2.45, 2.75) is 119 Å². The van der Waals surface area contributed by atoms with Gasteiger partial charge in [0.1, 0.15) is 40.7 Å². The molecule has 0 spiro atoms. The number of aliphatic hydroxyl groups is 1. The number of thioether (sulfide) groups is 2. The van der Waals surface area contributed by atoms with Crippen LogP contribution in [0.25, 0.3) is 0 Å².